The van der Waals surface area contributed by atoms with Gasteiger partial charge >= 0.3 is 18.2 Å². The molecule has 2 saturated heterocycles. The molecule has 2 aliphatic heterocycles. The molecule has 0 bridgehead atoms. The highest BCUT2D eigenvalue weighted by molar-refractivity contribution is 9.10. The van der Waals surface area contributed by atoms with Gasteiger partial charge in [-0.25, -0.2) is 9.59 Å². The van der Waals surface area contributed by atoms with E-state index in [1.807, 2.05) is 0 Å². The maximum atomic E-state index is 13.3. The van der Waals surface area contributed by atoms with Crippen LogP contribution in [0.1, 0.15) is 39.9 Å². The third kappa shape index (κ3) is 4.86. The van der Waals surface area contributed by atoms with E-state index in [2.05, 4.69) is 20.8 Å². The van der Waals surface area contributed by atoms with Crippen molar-refractivity contribution in [1.82, 2.24) is 4.90 Å². The minimum atomic E-state index is -4.41. The smallest absolute Gasteiger partial charge is 0.416 e. The molecule has 2 aromatic rings. The SMILES string of the molecule is Cc1cc(Br)c(CN2CCC3(CC2)CN(c2ccc(C(=O)O)cc2)C(=O)O3)cc1C(F)(F)F. The molecule has 6 nitrogen and oxygen atoms in total. The first-order chi connectivity index (χ1) is 15.5. The maximum absolute atomic E-state index is 13.3. The molecule has 0 aromatic heterocycles. The second-order valence-electron chi connectivity index (χ2n) is 8.52. The van der Waals surface area contributed by atoms with Gasteiger partial charge in [-0.05, 0) is 54.4 Å². The van der Waals surface area contributed by atoms with Crippen LogP contribution in [0.4, 0.5) is 23.7 Å². The van der Waals surface area contributed by atoms with Gasteiger partial charge in [-0.15, -0.1) is 0 Å². The number of carbonyl (C=O) groups is 2. The minimum absolute atomic E-state index is 0.130. The second kappa shape index (κ2) is 8.64. The molecule has 2 heterocycles. The van der Waals surface area contributed by atoms with Gasteiger partial charge in [-0.3, -0.25) is 9.80 Å². The number of amides is 1. The molecule has 2 fully saturated rings. The summed E-state index contributed by atoms with van der Waals surface area (Å²) < 4.78 is 46.3. The molecule has 1 amide bonds. The van der Waals surface area contributed by atoms with Gasteiger partial charge in [0.15, 0.2) is 0 Å². The van der Waals surface area contributed by atoms with Gasteiger partial charge in [-0.2, -0.15) is 13.2 Å². The average molecular weight is 527 g/mol. The van der Waals surface area contributed by atoms with Gasteiger partial charge in [0.05, 0.1) is 17.7 Å². The summed E-state index contributed by atoms with van der Waals surface area (Å²) in [5, 5.41) is 9.04. The number of rotatable bonds is 4. The minimum Gasteiger partial charge on any atom is -0.478 e. The van der Waals surface area contributed by atoms with E-state index in [1.54, 1.807) is 12.1 Å². The van der Waals surface area contributed by atoms with Gasteiger partial charge in [0, 0.05) is 42.6 Å². The fraction of sp³-hybridized carbons (Fsp3) is 0.391. The number of aryl methyl sites for hydroxylation is 1. The molecular weight excluding hydrogens is 505 g/mol. The number of carboxylic acid groups (broad SMARTS) is 1. The van der Waals surface area contributed by atoms with E-state index in [9.17, 15) is 22.8 Å². The molecule has 176 valence electrons. The molecule has 1 N–H and O–H groups in total. The quantitative estimate of drug-likeness (QED) is 0.572. The molecule has 4 rings (SSSR count). The number of anilines is 1. The first kappa shape index (κ1) is 23.6. The van der Waals surface area contributed by atoms with Crippen LogP contribution in [0.15, 0.2) is 40.9 Å². The molecule has 33 heavy (non-hydrogen) atoms. The average Bonchev–Trinajstić information content (AvgIpc) is 3.06. The fourth-order valence-electron chi connectivity index (χ4n) is 4.37. The largest absolute Gasteiger partial charge is 0.478 e. The highest BCUT2D eigenvalue weighted by Crippen LogP contribution is 2.38. The summed E-state index contributed by atoms with van der Waals surface area (Å²) in [6.07, 6.45) is -3.78. The van der Waals surface area contributed by atoms with Crippen molar-refractivity contribution < 1.29 is 32.6 Å². The van der Waals surface area contributed by atoms with E-state index in [1.165, 1.54) is 36.1 Å². The Labute approximate surface area is 197 Å². The third-order valence-electron chi connectivity index (χ3n) is 6.26. The van der Waals surface area contributed by atoms with Crippen molar-refractivity contribution in [3.63, 3.8) is 0 Å². The number of aromatic carboxylic acids is 1. The number of hydrogen-bond donors (Lipinski definition) is 1. The van der Waals surface area contributed by atoms with Crippen molar-refractivity contribution in [3.05, 3.63) is 63.1 Å². The Hall–Kier alpha value is -2.59. The zero-order chi connectivity index (χ0) is 24.0. The topological polar surface area (TPSA) is 70.1 Å². The monoisotopic (exact) mass is 526 g/mol. The Morgan fingerprint density at radius 2 is 1.82 bits per heavy atom. The predicted molar refractivity (Wildman–Crippen MR) is 118 cm³/mol. The van der Waals surface area contributed by atoms with Crippen molar-refractivity contribution in [3.8, 4) is 0 Å². The lowest BCUT2D eigenvalue weighted by Gasteiger charge is -2.37. The molecule has 10 heteroatoms. The molecule has 0 radical (unpaired) electrons. The van der Waals surface area contributed by atoms with Crippen molar-refractivity contribution in [2.45, 2.75) is 38.1 Å². The first-order valence-electron chi connectivity index (χ1n) is 10.4. The van der Waals surface area contributed by atoms with Crippen LogP contribution >= 0.6 is 15.9 Å². The van der Waals surface area contributed by atoms with Crippen LogP contribution in [0.25, 0.3) is 0 Å². The Morgan fingerprint density at radius 3 is 2.39 bits per heavy atom. The van der Waals surface area contributed by atoms with Crippen molar-refractivity contribution >= 4 is 33.7 Å². The molecule has 0 aliphatic carbocycles. The molecular formula is C23H22BrF3N2O4. The van der Waals surface area contributed by atoms with Crippen LogP contribution < -0.4 is 4.90 Å². The molecule has 2 aliphatic rings. The Morgan fingerprint density at radius 1 is 1.18 bits per heavy atom. The Kier molecular flexibility index (Phi) is 6.17. The number of halogens is 4. The summed E-state index contributed by atoms with van der Waals surface area (Å²) in [6.45, 7) is 3.28. The zero-order valence-electron chi connectivity index (χ0n) is 17.8. The number of ether oxygens (including phenoxy) is 1. The number of likely N-dealkylation sites (tertiary alicyclic amines) is 1. The normalized spacial score (nSPS) is 18.6. The second-order valence-corrected chi connectivity index (χ2v) is 9.38. The summed E-state index contributed by atoms with van der Waals surface area (Å²) in [6, 6.07) is 8.72. The predicted octanol–water partition coefficient (Wildman–Crippen LogP) is 5.47. The van der Waals surface area contributed by atoms with E-state index < -0.39 is 29.4 Å². The van der Waals surface area contributed by atoms with E-state index in [0.29, 0.717) is 54.7 Å². The molecule has 1 spiro atoms. The standard InChI is InChI=1S/C23H22BrF3N2O4/c1-14-10-19(24)16(11-18(14)23(25,26)27)12-28-8-6-22(7-9-28)13-29(21(32)33-22)17-4-2-15(3-5-17)20(30)31/h2-5,10-11H,6-9,12-13H2,1H3,(H,30,31). The highest BCUT2D eigenvalue weighted by atomic mass is 79.9. The zero-order valence-corrected chi connectivity index (χ0v) is 19.4. The first-order valence-corrected chi connectivity index (χ1v) is 11.2. The molecule has 0 atom stereocenters. The van der Waals surface area contributed by atoms with Crippen LogP contribution in [0.5, 0.6) is 0 Å². The molecule has 2 aromatic carbocycles. The van der Waals surface area contributed by atoms with Crippen LogP contribution in [0.3, 0.4) is 0 Å². The number of piperidine rings is 1. The maximum Gasteiger partial charge on any atom is 0.416 e. The summed E-state index contributed by atoms with van der Waals surface area (Å²) >= 11 is 3.38. The van der Waals surface area contributed by atoms with Crippen LogP contribution in [0.2, 0.25) is 0 Å². The van der Waals surface area contributed by atoms with Crippen molar-refractivity contribution in [1.29, 1.82) is 0 Å². The lowest BCUT2D eigenvalue weighted by molar-refractivity contribution is -0.138. The highest BCUT2D eigenvalue weighted by Gasteiger charge is 2.47. The molecule has 0 saturated carbocycles. The number of benzene rings is 2. The summed E-state index contributed by atoms with van der Waals surface area (Å²) in [5.74, 6) is -1.04. The fourth-order valence-corrected chi connectivity index (χ4v) is 4.95. The lowest BCUT2D eigenvalue weighted by atomic mass is 9.91. The van der Waals surface area contributed by atoms with E-state index in [4.69, 9.17) is 9.84 Å². The van der Waals surface area contributed by atoms with Crippen LogP contribution in [0, 0.1) is 6.92 Å². The number of hydrogen-bond acceptors (Lipinski definition) is 4. The number of nitrogens with zero attached hydrogens (tertiary/aromatic N) is 2. The van der Waals surface area contributed by atoms with Crippen molar-refractivity contribution in [2.24, 2.45) is 0 Å². The van der Waals surface area contributed by atoms with Crippen LogP contribution in [-0.4, -0.2) is 47.3 Å². The number of carbonyl (C=O) groups excluding carboxylic acids is 1. The van der Waals surface area contributed by atoms with Gasteiger partial charge < -0.3 is 9.84 Å². The number of alkyl halides is 3. The van der Waals surface area contributed by atoms with Gasteiger partial charge in [-0.1, -0.05) is 15.9 Å². The van der Waals surface area contributed by atoms with E-state index >= 15 is 0 Å². The molecule has 0 unspecified atom stereocenters. The number of carboxylic acids is 1. The van der Waals surface area contributed by atoms with Gasteiger partial charge in [0.2, 0.25) is 0 Å². The van der Waals surface area contributed by atoms with Crippen molar-refractivity contribution in [2.75, 3.05) is 24.5 Å². The third-order valence-corrected chi connectivity index (χ3v) is 6.99. The Bertz CT molecular complexity index is 1080. The summed E-state index contributed by atoms with van der Waals surface area (Å²) in [7, 11) is 0. The van der Waals surface area contributed by atoms with Gasteiger partial charge in [0.25, 0.3) is 0 Å². The van der Waals surface area contributed by atoms with E-state index in [-0.39, 0.29) is 11.1 Å². The Balaban J connectivity index is 1.42. The summed E-state index contributed by atoms with van der Waals surface area (Å²) in [4.78, 5) is 27.1. The van der Waals surface area contributed by atoms with E-state index in [0.717, 1.165) is 0 Å². The van der Waals surface area contributed by atoms with Gasteiger partial charge in [0.1, 0.15) is 5.60 Å². The summed E-state index contributed by atoms with van der Waals surface area (Å²) in [5.41, 5.74) is 0.125. The lowest BCUT2D eigenvalue weighted by Crippen LogP contribution is -2.46. The van der Waals surface area contributed by atoms with Crippen LogP contribution in [-0.2, 0) is 17.5 Å².